The molecule has 0 spiro atoms. The maximum Gasteiger partial charge on any atom is 0.240 e. The van der Waals surface area contributed by atoms with E-state index in [1.54, 1.807) is 26.3 Å². The van der Waals surface area contributed by atoms with E-state index in [0.717, 1.165) is 43.9 Å². The minimum Gasteiger partial charge on any atom is -0.385 e. The van der Waals surface area contributed by atoms with Crippen LogP contribution in [0.15, 0.2) is 34.2 Å². The predicted octanol–water partition coefficient (Wildman–Crippen LogP) is 2.62. The molecule has 0 amide bonds. The molecule has 2 aliphatic carbocycles. The lowest BCUT2D eigenvalue weighted by Crippen LogP contribution is -2.46. The second-order valence-electron chi connectivity index (χ2n) is 7.92. The standard InChI is InChI=1S/C20H32N4O3S.HI/c1-21-19(23-15-20(10-3-11-20)12-13-27-2)22-14-16-4-8-18(9-5-16)28(25,26)24-17-6-7-17;/h4-5,8-9,17,24H,3,6-7,10-15H2,1-2H3,(H2,21,22,23);1H. The predicted molar refractivity (Wildman–Crippen MR) is 126 cm³/mol. The van der Waals surface area contributed by atoms with E-state index in [0.29, 0.717) is 16.9 Å². The second kappa shape index (κ2) is 10.9. The molecule has 2 aliphatic rings. The molecule has 0 aliphatic heterocycles. The minimum atomic E-state index is -3.40. The van der Waals surface area contributed by atoms with Gasteiger partial charge in [-0.1, -0.05) is 18.6 Å². The Morgan fingerprint density at radius 3 is 2.41 bits per heavy atom. The van der Waals surface area contributed by atoms with E-state index in [4.69, 9.17) is 4.74 Å². The van der Waals surface area contributed by atoms with Crippen molar-refractivity contribution in [2.75, 3.05) is 27.3 Å². The molecular weight excluding hydrogens is 503 g/mol. The molecule has 2 saturated carbocycles. The summed E-state index contributed by atoms with van der Waals surface area (Å²) >= 11 is 0. The van der Waals surface area contributed by atoms with Crippen molar-refractivity contribution >= 4 is 40.0 Å². The quantitative estimate of drug-likeness (QED) is 0.243. The van der Waals surface area contributed by atoms with Crippen molar-refractivity contribution in [3.05, 3.63) is 29.8 Å². The summed E-state index contributed by atoms with van der Waals surface area (Å²) in [5.74, 6) is 0.760. The molecule has 1 aromatic rings. The van der Waals surface area contributed by atoms with Crippen molar-refractivity contribution in [3.63, 3.8) is 0 Å². The van der Waals surface area contributed by atoms with Crippen molar-refractivity contribution in [1.29, 1.82) is 0 Å². The first-order valence-corrected chi connectivity index (χ1v) is 11.5. The number of rotatable bonds is 10. The van der Waals surface area contributed by atoms with Crippen LogP contribution in [0, 0.1) is 5.41 Å². The Morgan fingerprint density at radius 2 is 1.90 bits per heavy atom. The molecule has 7 nitrogen and oxygen atoms in total. The van der Waals surface area contributed by atoms with Crippen LogP contribution in [0.3, 0.4) is 0 Å². The monoisotopic (exact) mass is 536 g/mol. The molecule has 0 radical (unpaired) electrons. The number of sulfonamides is 1. The molecule has 0 heterocycles. The van der Waals surface area contributed by atoms with Crippen LogP contribution in [0.25, 0.3) is 0 Å². The third kappa shape index (κ3) is 7.08. The average Bonchev–Trinajstić information content (AvgIpc) is 3.46. The van der Waals surface area contributed by atoms with Crippen LogP contribution < -0.4 is 15.4 Å². The summed E-state index contributed by atoms with van der Waals surface area (Å²) in [5, 5.41) is 6.74. The molecule has 0 unspecified atom stereocenters. The first-order valence-electron chi connectivity index (χ1n) is 10.0. The SMILES string of the molecule is CN=C(NCc1ccc(S(=O)(=O)NC2CC2)cc1)NCC1(CCOC)CCC1.I. The Bertz CT molecular complexity index is 775. The van der Waals surface area contributed by atoms with Gasteiger partial charge in [0.15, 0.2) is 5.96 Å². The number of hydrogen-bond acceptors (Lipinski definition) is 4. The van der Waals surface area contributed by atoms with Gasteiger partial charge < -0.3 is 15.4 Å². The number of guanidine groups is 1. The molecule has 3 rings (SSSR count). The first-order chi connectivity index (χ1) is 13.5. The maximum atomic E-state index is 12.2. The summed E-state index contributed by atoms with van der Waals surface area (Å²) < 4.78 is 32.4. The van der Waals surface area contributed by atoms with E-state index < -0.39 is 10.0 Å². The fraction of sp³-hybridized carbons (Fsp3) is 0.650. The highest BCUT2D eigenvalue weighted by Gasteiger charge is 2.36. The summed E-state index contributed by atoms with van der Waals surface area (Å²) in [4.78, 5) is 4.61. The third-order valence-electron chi connectivity index (χ3n) is 5.70. The van der Waals surface area contributed by atoms with Gasteiger partial charge in [-0.05, 0) is 55.2 Å². The minimum absolute atomic E-state index is 0. The number of methoxy groups -OCH3 is 1. The van der Waals surface area contributed by atoms with E-state index in [1.165, 1.54) is 19.3 Å². The van der Waals surface area contributed by atoms with Gasteiger partial charge in [-0.15, -0.1) is 24.0 Å². The van der Waals surface area contributed by atoms with E-state index in [2.05, 4.69) is 20.3 Å². The van der Waals surface area contributed by atoms with Gasteiger partial charge in [0.25, 0.3) is 0 Å². The van der Waals surface area contributed by atoms with Crippen LogP contribution in [0.5, 0.6) is 0 Å². The highest BCUT2D eigenvalue weighted by molar-refractivity contribution is 14.0. The third-order valence-corrected chi connectivity index (χ3v) is 7.23. The molecule has 1 aromatic carbocycles. The zero-order valence-electron chi connectivity index (χ0n) is 17.2. The van der Waals surface area contributed by atoms with E-state index in [1.807, 2.05) is 12.1 Å². The highest BCUT2D eigenvalue weighted by atomic mass is 127. The van der Waals surface area contributed by atoms with Gasteiger partial charge in [-0.2, -0.15) is 0 Å². The zero-order valence-corrected chi connectivity index (χ0v) is 20.4. The number of aliphatic imine (C=N–C) groups is 1. The summed E-state index contributed by atoms with van der Waals surface area (Å²) in [7, 11) is 0.114. The smallest absolute Gasteiger partial charge is 0.240 e. The number of ether oxygens (including phenoxy) is 1. The highest BCUT2D eigenvalue weighted by Crippen LogP contribution is 2.43. The number of nitrogens with zero attached hydrogens (tertiary/aromatic N) is 1. The zero-order chi connectivity index (χ0) is 20.0. The molecule has 0 saturated heterocycles. The molecule has 3 N–H and O–H groups in total. The lowest BCUT2D eigenvalue weighted by Gasteiger charge is -2.42. The largest absolute Gasteiger partial charge is 0.385 e. The normalized spacial score (nSPS) is 18.5. The van der Waals surface area contributed by atoms with Crippen molar-refractivity contribution in [2.45, 2.75) is 56.0 Å². The second-order valence-corrected chi connectivity index (χ2v) is 9.63. The summed E-state index contributed by atoms with van der Waals surface area (Å²) in [5.41, 5.74) is 1.32. The van der Waals surface area contributed by atoms with Crippen LogP contribution >= 0.6 is 24.0 Å². The lowest BCUT2D eigenvalue weighted by atomic mass is 9.67. The van der Waals surface area contributed by atoms with Gasteiger partial charge >= 0.3 is 0 Å². The molecule has 9 heteroatoms. The van der Waals surface area contributed by atoms with Gasteiger partial charge in [0, 0.05) is 39.9 Å². The molecular formula is C20H33IN4O3S. The number of benzene rings is 1. The first kappa shape index (κ1) is 24.4. The summed E-state index contributed by atoms with van der Waals surface area (Å²) in [6.07, 6.45) is 6.66. The van der Waals surface area contributed by atoms with Gasteiger partial charge in [-0.3, -0.25) is 4.99 Å². The Kier molecular flexibility index (Phi) is 9.17. The van der Waals surface area contributed by atoms with E-state index in [-0.39, 0.29) is 30.0 Å². The summed E-state index contributed by atoms with van der Waals surface area (Å²) in [6, 6.07) is 7.11. The van der Waals surface area contributed by atoms with Gasteiger partial charge in [0.2, 0.25) is 10.0 Å². The fourth-order valence-corrected chi connectivity index (χ4v) is 4.77. The van der Waals surface area contributed by atoms with Crippen molar-refractivity contribution < 1.29 is 13.2 Å². The number of nitrogens with one attached hydrogen (secondary N) is 3. The topological polar surface area (TPSA) is 91.8 Å². The molecule has 0 atom stereocenters. The van der Waals surface area contributed by atoms with Gasteiger partial charge in [-0.25, -0.2) is 13.1 Å². The summed E-state index contributed by atoms with van der Waals surface area (Å²) in [6.45, 7) is 2.26. The molecule has 0 bridgehead atoms. The van der Waals surface area contributed by atoms with Crippen molar-refractivity contribution in [2.24, 2.45) is 10.4 Å². The average molecular weight is 536 g/mol. The van der Waals surface area contributed by atoms with Crippen LogP contribution in [0.2, 0.25) is 0 Å². The Morgan fingerprint density at radius 1 is 1.21 bits per heavy atom. The lowest BCUT2D eigenvalue weighted by molar-refractivity contribution is 0.0732. The number of hydrogen-bond donors (Lipinski definition) is 3. The Hall–Kier alpha value is -0.910. The molecule has 164 valence electrons. The van der Waals surface area contributed by atoms with Crippen LogP contribution in [-0.4, -0.2) is 47.7 Å². The fourth-order valence-electron chi connectivity index (χ4n) is 3.46. The Labute approximate surface area is 191 Å². The van der Waals surface area contributed by atoms with Gasteiger partial charge in [0.1, 0.15) is 0 Å². The van der Waals surface area contributed by atoms with Crippen molar-refractivity contribution in [3.8, 4) is 0 Å². The molecule has 2 fully saturated rings. The molecule has 0 aromatic heterocycles. The molecule has 29 heavy (non-hydrogen) atoms. The van der Waals surface area contributed by atoms with E-state index in [9.17, 15) is 8.42 Å². The number of halogens is 1. The van der Waals surface area contributed by atoms with Crippen molar-refractivity contribution in [1.82, 2.24) is 15.4 Å². The van der Waals surface area contributed by atoms with Crippen LogP contribution in [0.1, 0.15) is 44.1 Å². The Balaban J connectivity index is 0.00000300. The van der Waals surface area contributed by atoms with Gasteiger partial charge in [0.05, 0.1) is 4.90 Å². The van der Waals surface area contributed by atoms with Crippen LogP contribution in [0.4, 0.5) is 0 Å². The van der Waals surface area contributed by atoms with E-state index >= 15 is 0 Å². The maximum absolute atomic E-state index is 12.2. The van der Waals surface area contributed by atoms with Crippen LogP contribution in [-0.2, 0) is 21.3 Å².